The lowest BCUT2D eigenvalue weighted by Gasteiger charge is -2.23. The summed E-state index contributed by atoms with van der Waals surface area (Å²) in [6.07, 6.45) is 2.76. The number of nitrogens with zero attached hydrogens (tertiary/aromatic N) is 5. The highest BCUT2D eigenvalue weighted by molar-refractivity contribution is 5.73. The van der Waals surface area contributed by atoms with Crippen molar-refractivity contribution in [1.82, 2.24) is 30.1 Å². The van der Waals surface area contributed by atoms with Gasteiger partial charge in [-0.05, 0) is 25.3 Å². The maximum Gasteiger partial charge on any atom is 0.316 e. The van der Waals surface area contributed by atoms with Gasteiger partial charge in [-0.2, -0.15) is 5.10 Å². The lowest BCUT2D eigenvalue weighted by molar-refractivity contribution is 0.203. The average molecular weight is 346 g/mol. The molecule has 2 amide bonds. The summed E-state index contributed by atoms with van der Waals surface area (Å²) in [5, 5.41) is 11.5. The number of hydrogen-bond acceptors (Lipinski definition) is 5. The van der Waals surface area contributed by atoms with E-state index in [1.54, 1.807) is 19.0 Å². The first kappa shape index (κ1) is 17.5. The predicted octanol–water partition coefficient (Wildman–Crippen LogP) is 1.47. The summed E-state index contributed by atoms with van der Waals surface area (Å²) in [4.78, 5) is 15.6. The van der Waals surface area contributed by atoms with E-state index in [9.17, 15) is 4.79 Å². The Labute approximate surface area is 147 Å². The molecule has 0 saturated heterocycles. The van der Waals surface area contributed by atoms with Crippen LogP contribution in [0.4, 0.5) is 4.79 Å². The van der Waals surface area contributed by atoms with Crippen LogP contribution in [0.25, 0.3) is 0 Å². The van der Waals surface area contributed by atoms with E-state index in [2.05, 4.69) is 31.2 Å². The van der Waals surface area contributed by atoms with Gasteiger partial charge in [-0.25, -0.2) is 4.79 Å². The van der Waals surface area contributed by atoms with Gasteiger partial charge in [0.2, 0.25) is 0 Å². The van der Waals surface area contributed by atoms with E-state index in [1.165, 1.54) is 5.69 Å². The molecule has 1 N–H and O–H groups in total. The molecule has 3 rings (SSSR count). The Morgan fingerprint density at radius 3 is 3.00 bits per heavy atom. The van der Waals surface area contributed by atoms with E-state index >= 15 is 0 Å². The number of aryl methyl sites for hydroxylation is 1. The molecule has 136 valence electrons. The molecule has 8 nitrogen and oxygen atoms in total. The molecule has 0 aliphatic carbocycles. The Kier molecular flexibility index (Phi) is 5.37. The lowest BCUT2D eigenvalue weighted by Crippen LogP contribution is -2.36. The number of carbonyl (C=O) groups excluding carboxylic acids is 1. The van der Waals surface area contributed by atoms with E-state index in [-0.39, 0.29) is 6.03 Å². The molecule has 0 radical (unpaired) electrons. The zero-order valence-corrected chi connectivity index (χ0v) is 15.1. The van der Waals surface area contributed by atoms with Gasteiger partial charge in [-0.3, -0.25) is 9.58 Å². The molecule has 0 aromatic carbocycles. The normalized spacial score (nSPS) is 17.8. The van der Waals surface area contributed by atoms with E-state index in [0.29, 0.717) is 12.5 Å². The quantitative estimate of drug-likeness (QED) is 0.887. The van der Waals surface area contributed by atoms with E-state index in [4.69, 9.17) is 4.52 Å². The first-order valence-corrected chi connectivity index (χ1v) is 8.61. The van der Waals surface area contributed by atoms with Crippen molar-refractivity contribution < 1.29 is 9.32 Å². The van der Waals surface area contributed by atoms with E-state index < -0.39 is 0 Å². The Morgan fingerprint density at radius 2 is 2.28 bits per heavy atom. The topological polar surface area (TPSA) is 79.4 Å². The minimum atomic E-state index is -0.0525. The maximum absolute atomic E-state index is 11.7. The molecule has 3 heterocycles. The highest BCUT2D eigenvalue weighted by Gasteiger charge is 2.23. The third-order valence-electron chi connectivity index (χ3n) is 4.44. The second kappa shape index (κ2) is 7.69. The van der Waals surface area contributed by atoms with Crippen molar-refractivity contribution in [2.24, 2.45) is 5.92 Å². The van der Waals surface area contributed by atoms with Crippen LogP contribution in [0.15, 0.2) is 22.9 Å². The number of fused-ring (bicyclic) bond motifs is 1. The Morgan fingerprint density at radius 1 is 1.44 bits per heavy atom. The van der Waals surface area contributed by atoms with Crippen molar-refractivity contribution in [3.05, 3.63) is 35.5 Å². The molecule has 0 fully saturated rings. The molecule has 8 heteroatoms. The number of amides is 2. The minimum absolute atomic E-state index is 0.0525. The SMILES string of the molecule is Cc1cc(CN2Cc3ccnn3CC(CCNC(=O)N(C)C)C2)no1. The zero-order valence-electron chi connectivity index (χ0n) is 15.1. The fourth-order valence-corrected chi connectivity index (χ4v) is 3.19. The molecule has 0 saturated carbocycles. The Hall–Kier alpha value is -2.35. The van der Waals surface area contributed by atoms with Gasteiger partial charge >= 0.3 is 6.03 Å². The summed E-state index contributed by atoms with van der Waals surface area (Å²) in [6.45, 7) is 5.97. The summed E-state index contributed by atoms with van der Waals surface area (Å²) in [6, 6.07) is 3.99. The second-order valence-corrected chi connectivity index (χ2v) is 6.88. The molecule has 0 spiro atoms. The van der Waals surface area contributed by atoms with Gasteiger partial charge in [0.15, 0.2) is 0 Å². The molecule has 2 aromatic heterocycles. The van der Waals surface area contributed by atoms with Crippen molar-refractivity contribution in [3.63, 3.8) is 0 Å². The number of carbonyl (C=O) groups is 1. The van der Waals surface area contributed by atoms with Crippen LogP contribution in [-0.4, -0.2) is 58.0 Å². The van der Waals surface area contributed by atoms with Crippen LogP contribution in [0, 0.1) is 12.8 Å². The summed E-state index contributed by atoms with van der Waals surface area (Å²) in [5.41, 5.74) is 2.16. The van der Waals surface area contributed by atoms with Crippen molar-refractivity contribution in [2.45, 2.75) is 33.0 Å². The van der Waals surface area contributed by atoms with E-state index in [0.717, 1.165) is 44.1 Å². The largest absolute Gasteiger partial charge is 0.361 e. The van der Waals surface area contributed by atoms with Gasteiger partial charge < -0.3 is 14.7 Å². The third-order valence-corrected chi connectivity index (χ3v) is 4.44. The van der Waals surface area contributed by atoms with Crippen molar-refractivity contribution in [3.8, 4) is 0 Å². The van der Waals surface area contributed by atoms with Crippen LogP contribution in [0.1, 0.15) is 23.6 Å². The highest BCUT2D eigenvalue weighted by Crippen LogP contribution is 2.20. The van der Waals surface area contributed by atoms with E-state index in [1.807, 2.05) is 19.2 Å². The average Bonchev–Trinajstić information content (AvgIpc) is 3.12. The summed E-state index contributed by atoms with van der Waals surface area (Å²) >= 11 is 0. The fourth-order valence-electron chi connectivity index (χ4n) is 3.19. The lowest BCUT2D eigenvalue weighted by atomic mass is 10.1. The number of hydrogen-bond donors (Lipinski definition) is 1. The van der Waals surface area contributed by atoms with Crippen LogP contribution in [0.3, 0.4) is 0 Å². The van der Waals surface area contributed by atoms with Crippen molar-refractivity contribution >= 4 is 6.03 Å². The molecule has 1 atom stereocenters. The smallest absolute Gasteiger partial charge is 0.316 e. The summed E-state index contributed by atoms with van der Waals surface area (Å²) < 4.78 is 7.26. The Bertz CT molecular complexity index is 708. The van der Waals surface area contributed by atoms with Crippen LogP contribution in [0.2, 0.25) is 0 Å². The van der Waals surface area contributed by atoms with Crippen LogP contribution in [-0.2, 0) is 19.6 Å². The fraction of sp³-hybridized carbons (Fsp3) is 0.588. The highest BCUT2D eigenvalue weighted by atomic mass is 16.5. The molecule has 1 aliphatic heterocycles. The molecule has 1 aliphatic rings. The molecule has 0 bridgehead atoms. The van der Waals surface area contributed by atoms with Crippen molar-refractivity contribution in [2.75, 3.05) is 27.2 Å². The monoisotopic (exact) mass is 346 g/mol. The van der Waals surface area contributed by atoms with Crippen LogP contribution >= 0.6 is 0 Å². The number of nitrogens with one attached hydrogen (secondary N) is 1. The molecular formula is C17H26N6O2. The van der Waals surface area contributed by atoms with Gasteiger partial charge in [0.1, 0.15) is 5.76 Å². The van der Waals surface area contributed by atoms with Gasteiger partial charge in [0.25, 0.3) is 0 Å². The van der Waals surface area contributed by atoms with Gasteiger partial charge in [0, 0.05) is 59.1 Å². The zero-order chi connectivity index (χ0) is 17.8. The van der Waals surface area contributed by atoms with Crippen molar-refractivity contribution in [1.29, 1.82) is 0 Å². The number of rotatable bonds is 5. The predicted molar refractivity (Wildman–Crippen MR) is 92.8 cm³/mol. The standard InChI is InChI=1S/C17H26N6O2/c1-13-8-15(20-25-13)11-22-9-14(4-6-18-17(24)21(2)3)10-23-16(12-22)5-7-19-23/h5,7-8,14H,4,6,9-12H2,1-3H3,(H,18,24). The second-order valence-electron chi connectivity index (χ2n) is 6.88. The van der Waals surface area contributed by atoms with Gasteiger partial charge in [-0.15, -0.1) is 0 Å². The molecule has 1 unspecified atom stereocenters. The first-order chi connectivity index (χ1) is 12.0. The first-order valence-electron chi connectivity index (χ1n) is 8.61. The van der Waals surface area contributed by atoms with Crippen LogP contribution in [0.5, 0.6) is 0 Å². The third kappa shape index (κ3) is 4.60. The number of urea groups is 1. The van der Waals surface area contributed by atoms with Gasteiger partial charge in [0.05, 0.1) is 11.4 Å². The minimum Gasteiger partial charge on any atom is -0.361 e. The number of aromatic nitrogens is 3. The van der Waals surface area contributed by atoms with Gasteiger partial charge in [-0.1, -0.05) is 5.16 Å². The summed E-state index contributed by atoms with van der Waals surface area (Å²) in [5.74, 6) is 1.24. The molecular weight excluding hydrogens is 320 g/mol. The molecule has 25 heavy (non-hydrogen) atoms. The molecule has 2 aromatic rings. The summed E-state index contributed by atoms with van der Waals surface area (Å²) in [7, 11) is 3.50. The Balaban J connectivity index is 1.63. The van der Waals surface area contributed by atoms with Crippen LogP contribution < -0.4 is 5.32 Å². The maximum atomic E-state index is 11.7.